The number of aliphatic hydroxyl groups excluding tert-OH is 4. The summed E-state index contributed by atoms with van der Waals surface area (Å²) >= 11 is 0. The van der Waals surface area contributed by atoms with Crippen LogP contribution in [0.1, 0.15) is 55.2 Å². The van der Waals surface area contributed by atoms with E-state index in [1.165, 1.54) is 12.1 Å². The lowest BCUT2D eigenvalue weighted by atomic mass is 10.0. The highest BCUT2D eigenvalue weighted by Gasteiger charge is 2.16. The number of nitrogens with one attached hydrogen (secondary N) is 1. The summed E-state index contributed by atoms with van der Waals surface area (Å²) in [5.74, 6) is 0.370. The van der Waals surface area contributed by atoms with Crippen LogP contribution in [0, 0.1) is 0 Å². The third-order valence-corrected chi connectivity index (χ3v) is 4.52. The number of aromatic hydroxyl groups is 1. The van der Waals surface area contributed by atoms with E-state index < -0.39 is 12.2 Å². The van der Waals surface area contributed by atoms with E-state index >= 15 is 0 Å². The van der Waals surface area contributed by atoms with Gasteiger partial charge in [-0.05, 0) is 56.2 Å². The van der Waals surface area contributed by atoms with Gasteiger partial charge in [-0.25, -0.2) is 0 Å². The summed E-state index contributed by atoms with van der Waals surface area (Å²) < 4.78 is 5.66. The van der Waals surface area contributed by atoms with Gasteiger partial charge in [0.1, 0.15) is 24.2 Å². The molecule has 0 amide bonds. The minimum absolute atomic E-state index is 0.0398. The fourth-order valence-corrected chi connectivity index (χ4v) is 2.80. The average molecular weight is 405 g/mol. The van der Waals surface area contributed by atoms with Gasteiger partial charge in [-0.15, -0.1) is 0 Å². The summed E-state index contributed by atoms with van der Waals surface area (Å²) in [6.07, 6.45) is -1.71. The predicted molar refractivity (Wildman–Crippen MR) is 110 cm³/mol. The number of ether oxygens (including phenoxy) is 1. The molecule has 0 radical (unpaired) electrons. The van der Waals surface area contributed by atoms with Crippen molar-refractivity contribution >= 4 is 0 Å². The molecule has 0 bridgehead atoms. The van der Waals surface area contributed by atoms with E-state index in [0.717, 1.165) is 0 Å². The van der Waals surface area contributed by atoms with Crippen molar-refractivity contribution in [1.82, 2.24) is 5.32 Å². The molecule has 2 unspecified atom stereocenters. The van der Waals surface area contributed by atoms with Crippen LogP contribution >= 0.6 is 0 Å². The van der Waals surface area contributed by atoms with Gasteiger partial charge >= 0.3 is 0 Å². The standard InChI is InChI=1S/C22H31NO6/c1-22(2,3)23-10-19(27)14-5-7-21(17(9-14)12-25)29-13-20(28)15-4-6-18(26)16(8-15)11-24/h4-9,19-20,23-28H,10-13H2,1-3H3. The first-order valence-electron chi connectivity index (χ1n) is 9.55. The molecule has 0 aliphatic carbocycles. The summed E-state index contributed by atoms with van der Waals surface area (Å²) in [5, 5.41) is 52.5. The fourth-order valence-electron chi connectivity index (χ4n) is 2.80. The lowest BCUT2D eigenvalue weighted by Gasteiger charge is -2.23. The molecule has 0 heterocycles. The molecule has 7 heteroatoms. The zero-order valence-corrected chi connectivity index (χ0v) is 17.1. The number of aliphatic hydroxyl groups is 4. The number of benzene rings is 2. The Kier molecular flexibility index (Phi) is 8.01. The Morgan fingerprint density at radius 1 is 0.897 bits per heavy atom. The van der Waals surface area contributed by atoms with Crippen LogP contribution in [0.25, 0.3) is 0 Å². The van der Waals surface area contributed by atoms with E-state index in [9.17, 15) is 25.5 Å². The predicted octanol–water partition coefficient (Wildman–Crippen LogP) is 1.91. The zero-order valence-electron chi connectivity index (χ0n) is 17.1. The smallest absolute Gasteiger partial charge is 0.124 e. The summed E-state index contributed by atoms with van der Waals surface area (Å²) in [4.78, 5) is 0. The van der Waals surface area contributed by atoms with E-state index in [1.807, 2.05) is 20.8 Å². The molecule has 2 atom stereocenters. The number of hydrogen-bond donors (Lipinski definition) is 6. The number of hydrogen-bond acceptors (Lipinski definition) is 7. The maximum atomic E-state index is 10.4. The molecule has 6 N–H and O–H groups in total. The summed E-state index contributed by atoms with van der Waals surface area (Å²) in [6.45, 7) is 5.73. The maximum absolute atomic E-state index is 10.4. The van der Waals surface area contributed by atoms with Crippen LogP contribution < -0.4 is 10.1 Å². The van der Waals surface area contributed by atoms with Gasteiger partial charge in [0.25, 0.3) is 0 Å². The fraction of sp³-hybridized carbons (Fsp3) is 0.455. The second-order valence-corrected chi connectivity index (χ2v) is 8.05. The topological polar surface area (TPSA) is 122 Å². The molecule has 29 heavy (non-hydrogen) atoms. The first-order valence-corrected chi connectivity index (χ1v) is 9.55. The molecule has 7 nitrogen and oxygen atoms in total. The quantitative estimate of drug-likeness (QED) is 0.377. The van der Waals surface area contributed by atoms with Crippen molar-refractivity contribution < 1.29 is 30.3 Å². The van der Waals surface area contributed by atoms with E-state index in [1.54, 1.807) is 24.3 Å². The molecule has 2 aromatic rings. The van der Waals surface area contributed by atoms with E-state index in [-0.39, 0.29) is 31.1 Å². The lowest BCUT2D eigenvalue weighted by molar-refractivity contribution is 0.106. The summed E-state index contributed by atoms with van der Waals surface area (Å²) in [6, 6.07) is 9.53. The Morgan fingerprint density at radius 2 is 1.48 bits per heavy atom. The second-order valence-electron chi connectivity index (χ2n) is 8.05. The molecule has 0 saturated heterocycles. The van der Waals surface area contributed by atoms with Crippen LogP contribution in [0.15, 0.2) is 36.4 Å². The first kappa shape index (κ1) is 23.1. The molecular weight excluding hydrogens is 374 g/mol. The number of β-amino-alcohol motifs (C(OH)–C–C–N with tert-alkyl or cyclic N) is 1. The number of rotatable bonds is 9. The van der Waals surface area contributed by atoms with Crippen molar-refractivity contribution in [3.8, 4) is 11.5 Å². The first-order chi connectivity index (χ1) is 13.6. The summed E-state index contributed by atoms with van der Waals surface area (Å²) in [7, 11) is 0. The van der Waals surface area contributed by atoms with Gasteiger partial charge in [-0.3, -0.25) is 0 Å². The molecule has 160 valence electrons. The molecule has 0 aliphatic rings. The van der Waals surface area contributed by atoms with Crippen molar-refractivity contribution in [2.45, 2.75) is 51.7 Å². The molecule has 0 saturated carbocycles. The normalized spacial score (nSPS) is 13.9. The van der Waals surface area contributed by atoms with Gasteiger partial charge in [-0.2, -0.15) is 0 Å². The van der Waals surface area contributed by atoms with Crippen LogP contribution in [0.3, 0.4) is 0 Å². The third-order valence-electron chi connectivity index (χ3n) is 4.52. The van der Waals surface area contributed by atoms with Gasteiger partial charge in [0, 0.05) is 23.2 Å². The average Bonchev–Trinajstić information content (AvgIpc) is 2.69. The Labute approximate surface area is 171 Å². The van der Waals surface area contributed by atoms with Crippen LogP contribution in [-0.2, 0) is 13.2 Å². The Balaban J connectivity index is 2.05. The van der Waals surface area contributed by atoms with Gasteiger partial charge in [0.05, 0.1) is 19.3 Å². The Morgan fingerprint density at radius 3 is 2.10 bits per heavy atom. The molecule has 0 aromatic heterocycles. The molecule has 0 aliphatic heterocycles. The largest absolute Gasteiger partial charge is 0.508 e. The minimum Gasteiger partial charge on any atom is -0.508 e. The van der Waals surface area contributed by atoms with Crippen LogP contribution in [0.4, 0.5) is 0 Å². The molecular formula is C22H31NO6. The van der Waals surface area contributed by atoms with Gasteiger partial charge < -0.3 is 35.6 Å². The van der Waals surface area contributed by atoms with Crippen molar-refractivity contribution in [3.63, 3.8) is 0 Å². The van der Waals surface area contributed by atoms with Crippen LogP contribution in [0.5, 0.6) is 11.5 Å². The third kappa shape index (κ3) is 6.69. The van der Waals surface area contributed by atoms with Crippen LogP contribution in [0.2, 0.25) is 0 Å². The van der Waals surface area contributed by atoms with Gasteiger partial charge in [0.15, 0.2) is 0 Å². The van der Waals surface area contributed by atoms with Gasteiger partial charge in [0.2, 0.25) is 0 Å². The molecule has 0 fully saturated rings. The SMILES string of the molecule is CC(C)(C)NCC(O)c1ccc(OCC(O)c2ccc(O)c(CO)c2)c(CO)c1. The zero-order chi connectivity index (χ0) is 21.6. The monoisotopic (exact) mass is 405 g/mol. The van der Waals surface area contributed by atoms with E-state index in [0.29, 0.717) is 34.5 Å². The molecule has 2 aromatic carbocycles. The van der Waals surface area contributed by atoms with Crippen molar-refractivity contribution in [2.24, 2.45) is 0 Å². The van der Waals surface area contributed by atoms with Crippen molar-refractivity contribution in [3.05, 3.63) is 58.7 Å². The second kappa shape index (κ2) is 10.0. The highest BCUT2D eigenvalue weighted by Crippen LogP contribution is 2.27. The van der Waals surface area contributed by atoms with Crippen molar-refractivity contribution in [1.29, 1.82) is 0 Å². The molecule has 0 spiro atoms. The van der Waals surface area contributed by atoms with Gasteiger partial charge in [-0.1, -0.05) is 12.1 Å². The highest BCUT2D eigenvalue weighted by molar-refractivity contribution is 5.39. The van der Waals surface area contributed by atoms with E-state index in [4.69, 9.17) is 4.74 Å². The molecule has 2 rings (SSSR count). The Bertz CT molecular complexity index is 802. The van der Waals surface area contributed by atoms with Crippen molar-refractivity contribution in [2.75, 3.05) is 13.2 Å². The van der Waals surface area contributed by atoms with Crippen LogP contribution in [-0.4, -0.2) is 44.2 Å². The van der Waals surface area contributed by atoms with E-state index in [2.05, 4.69) is 5.32 Å². The Hall–Kier alpha value is -2.16. The lowest BCUT2D eigenvalue weighted by Crippen LogP contribution is -2.38. The summed E-state index contributed by atoms with van der Waals surface area (Å²) in [5.41, 5.74) is 1.86. The number of phenols is 1. The minimum atomic E-state index is -0.978. The maximum Gasteiger partial charge on any atom is 0.124 e. The highest BCUT2D eigenvalue weighted by atomic mass is 16.5.